The molecule has 0 spiro atoms. The average molecular weight is 222 g/mol. The van der Waals surface area contributed by atoms with Crippen molar-refractivity contribution in [3.63, 3.8) is 0 Å². The van der Waals surface area contributed by atoms with E-state index in [0.29, 0.717) is 31.0 Å². The van der Waals surface area contributed by atoms with Gasteiger partial charge in [0, 0.05) is 13.6 Å². The van der Waals surface area contributed by atoms with Gasteiger partial charge >= 0.3 is 0 Å². The number of para-hydroxylation sites is 2. The van der Waals surface area contributed by atoms with Gasteiger partial charge < -0.3 is 15.4 Å². The molecule has 0 saturated carbocycles. The smallest absolute Gasteiger partial charge is 0.225 e. The Morgan fingerprint density at radius 1 is 1.44 bits per heavy atom. The van der Waals surface area contributed by atoms with E-state index in [9.17, 15) is 4.79 Å². The number of hydrogen-bond acceptors (Lipinski definition) is 3. The molecule has 0 atom stereocenters. The Kier molecular flexibility index (Phi) is 4.64. The molecule has 1 amide bonds. The van der Waals surface area contributed by atoms with Crippen LogP contribution in [0.2, 0.25) is 0 Å². The third kappa shape index (κ3) is 3.46. The van der Waals surface area contributed by atoms with Gasteiger partial charge in [0.1, 0.15) is 5.75 Å². The topological polar surface area (TPSA) is 55.6 Å². The van der Waals surface area contributed by atoms with Crippen molar-refractivity contribution in [3.8, 4) is 5.75 Å². The van der Waals surface area contributed by atoms with Crippen LogP contribution in [-0.2, 0) is 4.79 Å². The molecule has 0 bridgehead atoms. The molecule has 1 aromatic rings. The molecule has 0 radical (unpaired) electrons. The fraction of sp³-hybridized carbons (Fsp3) is 0.417. The minimum atomic E-state index is 0.0806. The average Bonchev–Trinajstić information content (AvgIpc) is 2.30. The molecule has 0 saturated heterocycles. The molecule has 4 nitrogen and oxygen atoms in total. The molecule has 1 aromatic carbocycles. The molecule has 1 rings (SSSR count). The second-order valence-electron chi connectivity index (χ2n) is 3.54. The van der Waals surface area contributed by atoms with Crippen molar-refractivity contribution >= 4 is 11.6 Å². The van der Waals surface area contributed by atoms with Crippen molar-refractivity contribution in [1.29, 1.82) is 0 Å². The Morgan fingerprint density at radius 3 is 2.75 bits per heavy atom. The zero-order valence-electron chi connectivity index (χ0n) is 9.77. The minimum Gasteiger partial charge on any atom is -0.491 e. The normalized spacial score (nSPS) is 9.88. The van der Waals surface area contributed by atoms with Crippen LogP contribution in [0.25, 0.3) is 0 Å². The molecule has 0 aliphatic carbocycles. The molecule has 0 aromatic heterocycles. The first kappa shape index (κ1) is 12.4. The number of hydrogen-bond donors (Lipinski definition) is 1. The maximum absolute atomic E-state index is 11.5. The van der Waals surface area contributed by atoms with E-state index in [0.717, 1.165) is 0 Å². The van der Waals surface area contributed by atoms with E-state index >= 15 is 0 Å². The number of benzene rings is 1. The largest absolute Gasteiger partial charge is 0.491 e. The van der Waals surface area contributed by atoms with E-state index in [1.54, 1.807) is 24.1 Å². The summed E-state index contributed by atoms with van der Waals surface area (Å²) in [5.74, 6) is 0.714. The van der Waals surface area contributed by atoms with Crippen LogP contribution in [0, 0.1) is 0 Å². The maximum atomic E-state index is 11.5. The third-order valence-electron chi connectivity index (χ3n) is 2.39. The van der Waals surface area contributed by atoms with E-state index in [2.05, 4.69) is 0 Å². The number of nitrogens with zero attached hydrogens (tertiary/aromatic N) is 1. The van der Waals surface area contributed by atoms with E-state index in [1.165, 1.54) is 0 Å². The second kappa shape index (κ2) is 6.00. The fourth-order valence-electron chi connectivity index (χ4n) is 1.23. The van der Waals surface area contributed by atoms with Gasteiger partial charge in [-0.05, 0) is 19.1 Å². The number of nitrogens with two attached hydrogens (primary N) is 1. The molecule has 88 valence electrons. The predicted molar refractivity (Wildman–Crippen MR) is 64.3 cm³/mol. The third-order valence-corrected chi connectivity index (χ3v) is 2.39. The van der Waals surface area contributed by atoms with Crippen LogP contribution >= 0.6 is 0 Å². The van der Waals surface area contributed by atoms with Crippen molar-refractivity contribution in [2.75, 3.05) is 25.9 Å². The molecule has 16 heavy (non-hydrogen) atoms. The lowest BCUT2D eigenvalue weighted by Crippen LogP contribution is -2.27. The second-order valence-corrected chi connectivity index (χ2v) is 3.54. The van der Waals surface area contributed by atoms with Crippen molar-refractivity contribution < 1.29 is 9.53 Å². The summed E-state index contributed by atoms with van der Waals surface area (Å²) in [4.78, 5) is 13.1. The van der Waals surface area contributed by atoms with Gasteiger partial charge in [-0.1, -0.05) is 12.1 Å². The van der Waals surface area contributed by atoms with Crippen molar-refractivity contribution in [2.24, 2.45) is 0 Å². The zero-order valence-corrected chi connectivity index (χ0v) is 9.77. The van der Waals surface area contributed by atoms with Crippen molar-refractivity contribution in [3.05, 3.63) is 24.3 Å². The van der Waals surface area contributed by atoms with Crippen LogP contribution in [0.4, 0.5) is 5.69 Å². The zero-order chi connectivity index (χ0) is 12.0. The van der Waals surface area contributed by atoms with Gasteiger partial charge in [-0.3, -0.25) is 4.79 Å². The van der Waals surface area contributed by atoms with Crippen LogP contribution < -0.4 is 10.5 Å². The maximum Gasteiger partial charge on any atom is 0.225 e. The molecular formula is C12H18N2O2. The summed E-state index contributed by atoms with van der Waals surface area (Å²) in [5.41, 5.74) is 6.30. The minimum absolute atomic E-state index is 0.0806. The van der Waals surface area contributed by atoms with Gasteiger partial charge in [0.2, 0.25) is 5.91 Å². The monoisotopic (exact) mass is 222 g/mol. The molecule has 2 N–H and O–H groups in total. The highest BCUT2D eigenvalue weighted by Gasteiger charge is 2.06. The van der Waals surface area contributed by atoms with Crippen LogP contribution in [0.1, 0.15) is 13.3 Å². The van der Waals surface area contributed by atoms with Gasteiger partial charge in [-0.25, -0.2) is 0 Å². The lowest BCUT2D eigenvalue weighted by Gasteiger charge is -2.14. The molecular weight excluding hydrogens is 204 g/mol. The first-order chi connectivity index (χ1) is 7.65. The van der Waals surface area contributed by atoms with Gasteiger partial charge in [-0.2, -0.15) is 0 Å². The Morgan fingerprint density at radius 2 is 2.12 bits per heavy atom. The molecule has 0 unspecified atom stereocenters. The Balaban J connectivity index is 2.36. The van der Waals surface area contributed by atoms with E-state index in [4.69, 9.17) is 10.5 Å². The quantitative estimate of drug-likeness (QED) is 0.768. The highest BCUT2D eigenvalue weighted by molar-refractivity contribution is 5.75. The summed E-state index contributed by atoms with van der Waals surface area (Å²) >= 11 is 0. The van der Waals surface area contributed by atoms with Gasteiger partial charge in [0.25, 0.3) is 0 Å². The summed E-state index contributed by atoms with van der Waals surface area (Å²) < 4.78 is 5.43. The van der Waals surface area contributed by atoms with E-state index < -0.39 is 0 Å². The lowest BCUT2D eigenvalue weighted by atomic mass is 10.3. The first-order valence-corrected chi connectivity index (χ1v) is 5.36. The number of rotatable bonds is 5. The Bertz CT molecular complexity index is 353. The summed E-state index contributed by atoms with van der Waals surface area (Å²) in [5, 5.41) is 0. The molecule has 4 heteroatoms. The van der Waals surface area contributed by atoms with Gasteiger partial charge in [0.15, 0.2) is 0 Å². The number of anilines is 1. The standard InChI is InChI=1S/C12H18N2O2/c1-3-14(2)12(15)8-9-16-11-7-5-4-6-10(11)13/h4-7H,3,8-9,13H2,1-2H3. The molecule has 0 aliphatic rings. The van der Waals surface area contributed by atoms with Crippen LogP contribution in [0.15, 0.2) is 24.3 Å². The molecule has 0 heterocycles. The van der Waals surface area contributed by atoms with Crippen LogP contribution in [0.5, 0.6) is 5.75 Å². The lowest BCUT2D eigenvalue weighted by molar-refractivity contribution is -0.130. The highest BCUT2D eigenvalue weighted by Crippen LogP contribution is 2.19. The number of carbonyl (C=O) groups is 1. The highest BCUT2D eigenvalue weighted by atomic mass is 16.5. The Hall–Kier alpha value is -1.71. The summed E-state index contributed by atoms with van der Waals surface area (Å²) in [6, 6.07) is 7.27. The SMILES string of the molecule is CCN(C)C(=O)CCOc1ccccc1N. The van der Waals surface area contributed by atoms with Crippen molar-refractivity contribution in [2.45, 2.75) is 13.3 Å². The van der Waals surface area contributed by atoms with Crippen molar-refractivity contribution in [1.82, 2.24) is 4.90 Å². The van der Waals surface area contributed by atoms with Crippen LogP contribution in [-0.4, -0.2) is 31.0 Å². The molecule has 0 fully saturated rings. The summed E-state index contributed by atoms with van der Waals surface area (Å²) in [6.45, 7) is 3.01. The van der Waals surface area contributed by atoms with Gasteiger partial charge in [0.05, 0.1) is 18.7 Å². The fourth-order valence-corrected chi connectivity index (χ4v) is 1.23. The number of ether oxygens (including phenoxy) is 1. The van der Waals surface area contributed by atoms with Crippen LogP contribution in [0.3, 0.4) is 0 Å². The number of nitrogen functional groups attached to an aromatic ring is 1. The summed E-state index contributed by atoms with van der Waals surface area (Å²) in [7, 11) is 1.78. The summed E-state index contributed by atoms with van der Waals surface area (Å²) in [6.07, 6.45) is 0.374. The number of amides is 1. The molecule has 0 aliphatic heterocycles. The number of carbonyl (C=O) groups excluding carboxylic acids is 1. The van der Waals surface area contributed by atoms with E-state index in [1.807, 2.05) is 19.1 Å². The Labute approximate surface area is 96.0 Å². The van der Waals surface area contributed by atoms with E-state index in [-0.39, 0.29) is 5.91 Å². The van der Waals surface area contributed by atoms with Gasteiger partial charge in [-0.15, -0.1) is 0 Å². The first-order valence-electron chi connectivity index (χ1n) is 5.36. The predicted octanol–water partition coefficient (Wildman–Crippen LogP) is 1.52.